The summed E-state index contributed by atoms with van der Waals surface area (Å²) in [7, 11) is 0. The number of rotatable bonds is 4. The van der Waals surface area contributed by atoms with E-state index in [2.05, 4.69) is 54.3 Å². The molecule has 1 aliphatic carbocycles. The van der Waals surface area contributed by atoms with Crippen LogP contribution in [0.3, 0.4) is 0 Å². The SMILES string of the molecule is O=C(N1CC=C(c2cc3c(Nc4ccc5ncsc5c4)ccnc3[nH]2)CC1)N1CCN(C2CCCC2)CC1. The maximum absolute atomic E-state index is 13.2. The minimum atomic E-state index is 0.189. The minimum Gasteiger partial charge on any atom is -0.355 e. The average Bonchev–Trinajstić information content (AvgIpc) is 3.74. The molecule has 0 spiro atoms. The van der Waals surface area contributed by atoms with Crippen LogP contribution in [-0.2, 0) is 0 Å². The minimum absolute atomic E-state index is 0.189. The molecule has 0 unspecified atom stereocenters. The Kier molecular flexibility index (Phi) is 6.25. The number of benzene rings is 1. The molecule has 3 aliphatic rings. The molecule has 2 fully saturated rings. The zero-order valence-corrected chi connectivity index (χ0v) is 22.3. The van der Waals surface area contributed by atoms with Crippen molar-refractivity contribution in [3.05, 3.63) is 53.8 Å². The monoisotopic (exact) mass is 527 g/mol. The first-order valence-electron chi connectivity index (χ1n) is 13.8. The number of hydrogen-bond donors (Lipinski definition) is 2. The van der Waals surface area contributed by atoms with Crippen LogP contribution < -0.4 is 5.32 Å². The summed E-state index contributed by atoms with van der Waals surface area (Å²) in [5.41, 5.74) is 8.14. The van der Waals surface area contributed by atoms with Crippen molar-refractivity contribution in [3.8, 4) is 0 Å². The van der Waals surface area contributed by atoms with Crippen LogP contribution in [0.1, 0.15) is 37.8 Å². The largest absolute Gasteiger partial charge is 0.355 e. The Morgan fingerprint density at radius 1 is 1.00 bits per heavy atom. The van der Waals surface area contributed by atoms with Crippen LogP contribution in [0.5, 0.6) is 0 Å². The molecule has 196 valence electrons. The van der Waals surface area contributed by atoms with Gasteiger partial charge >= 0.3 is 6.03 Å². The highest BCUT2D eigenvalue weighted by molar-refractivity contribution is 7.16. The maximum Gasteiger partial charge on any atom is 0.320 e. The second-order valence-corrected chi connectivity index (χ2v) is 11.5. The van der Waals surface area contributed by atoms with Crippen LogP contribution in [0, 0.1) is 0 Å². The highest BCUT2D eigenvalue weighted by Crippen LogP contribution is 2.32. The van der Waals surface area contributed by atoms with Crippen LogP contribution >= 0.6 is 11.3 Å². The number of aromatic nitrogens is 3. The molecule has 0 atom stereocenters. The molecule has 3 aromatic heterocycles. The molecular formula is C29H33N7OS. The van der Waals surface area contributed by atoms with E-state index >= 15 is 0 Å². The summed E-state index contributed by atoms with van der Waals surface area (Å²) in [5, 5.41) is 4.62. The number of H-pyrrole nitrogens is 1. The normalized spacial score (nSPS) is 19.4. The van der Waals surface area contributed by atoms with Gasteiger partial charge in [0.25, 0.3) is 0 Å². The van der Waals surface area contributed by atoms with Crippen molar-refractivity contribution in [2.75, 3.05) is 44.6 Å². The van der Waals surface area contributed by atoms with E-state index in [1.54, 1.807) is 11.3 Å². The van der Waals surface area contributed by atoms with Gasteiger partial charge in [0.05, 0.1) is 21.4 Å². The fourth-order valence-electron chi connectivity index (χ4n) is 6.23. The number of aromatic amines is 1. The van der Waals surface area contributed by atoms with Crippen LogP contribution in [0.4, 0.5) is 16.2 Å². The lowest BCUT2D eigenvalue weighted by Gasteiger charge is -2.40. The van der Waals surface area contributed by atoms with Gasteiger partial charge in [-0.25, -0.2) is 14.8 Å². The van der Waals surface area contributed by atoms with E-state index in [0.717, 1.165) is 83.5 Å². The predicted octanol–water partition coefficient (Wildman–Crippen LogP) is 5.69. The number of piperazine rings is 1. The predicted molar refractivity (Wildman–Crippen MR) is 154 cm³/mol. The van der Waals surface area contributed by atoms with Gasteiger partial charge in [-0.15, -0.1) is 11.3 Å². The summed E-state index contributed by atoms with van der Waals surface area (Å²) in [4.78, 5) is 32.3. The standard InChI is InChI=1S/C29H33N7OS/c37-29(36-15-13-34(14-16-36)22-3-1-2-4-22)35-11-8-20(9-12-35)26-18-23-24(7-10-30-28(23)33-26)32-21-5-6-25-27(17-21)38-19-31-25/h5-8,10,17-19,22H,1-4,9,11-16H2,(H2,30,32,33). The van der Waals surface area contributed by atoms with Crippen LogP contribution in [0.15, 0.2) is 48.1 Å². The number of urea groups is 1. The smallest absolute Gasteiger partial charge is 0.320 e. The Bertz CT molecular complexity index is 1490. The van der Waals surface area contributed by atoms with Crippen LogP contribution in [0.2, 0.25) is 0 Å². The number of anilines is 2. The Hall–Kier alpha value is -3.43. The Labute approximate surface area is 226 Å². The van der Waals surface area contributed by atoms with Crippen molar-refractivity contribution in [1.82, 2.24) is 29.7 Å². The van der Waals surface area contributed by atoms with Crippen LogP contribution in [0.25, 0.3) is 26.8 Å². The number of fused-ring (bicyclic) bond motifs is 2. The van der Waals surface area contributed by atoms with E-state index in [4.69, 9.17) is 0 Å². The third-order valence-electron chi connectivity index (χ3n) is 8.39. The number of carbonyl (C=O) groups excluding carboxylic acids is 1. The summed E-state index contributed by atoms with van der Waals surface area (Å²) in [6, 6.07) is 11.4. The summed E-state index contributed by atoms with van der Waals surface area (Å²) < 4.78 is 1.16. The molecule has 2 aliphatic heterocycles. The van der Waals surface area contributed by atoms with Crippen LogP contribution in [-0.4, -0.2) is 81.0 Å². The lowest BCUT2D eigenvalue weighted by molar-refractivity contribution is 0.0936. The number of thiazole rings is 1. The highest BCUT2D eigenvalue weighted by atomic mass is 32.1. The molecule has 2 amide bonds. The summed E-state index contributed by atoms with van der Waals surface area (Å²) in [6.07, 6.45) is 10.3. The Morgan fingerprint density at radius 2 is 1.87 bits per heavy atom. The zero-order valence-electron chi connectivity index (χ0n) is 21.5. The van der Waals surface area contributed by atoms with E-state index in [-0.39, 0.29) is 6.03 Å². The third-order valence-corrected chi connectivity index (χ3v) is 9.19. The molecule has 9 heteroatoms. The molecule has 1 saturated heterocycles. The molecule has 5 heterocycles. The quantitative estimate of drug-likeness (QED) is 0.357. The number of nitrogens with zero attached hydrogens (tertiary/aromatic N) is 5. The van der Waals surface area contributed by atoms with E-state index in [1.807, 2.05) is 28.7 Å². The third kappa shape index (κ3) is 4.54. The fourth-order valence-corrected chi connectivity index (χ4v) is 6.95. The highest BCUT2D eigenvalue weighted by Gasteiger charge is 2.30. The second-order valence-electron chi connectivity index (χ2n) is 10.6. The van der Waals surface area contributed by atoms with Gasteiger partial charge in [0.1, 0.15) is 5.65 Å². The van der Waals surface area contributed by atoms with Crippen molar-refractivity contribution in [2.45, 2.75) is 38.1 Å². The van der Waals surface area contributed by atoms with Gasteiger partial charge in [0, 0.05) is 68.3 Å². The van der Waals surface area contributed by atoms with Crippen molar-refractivity contribution in [1.29, 1.82) is 0 Å². The van der Waals surface area contributed by atoms with Gasteiger partial charge in [-0.3, -0.25) is 4.90 Å². The molecule has 1 aromatic carbocycles. The van der Waals surface area contributed by atoms with Crippen molar-refractivity contribution < 1.29 is 4.79 Å². The molecule has 1 saturated carbocycles. The van der Waals surface area contributed by atoms with Gasteiger partial charge in [-0.2, -0.15) is 0 Å². The first kappa shape index (κ1) is 23.7. The first-order chi connectivity index (χ1) is 18.7. The molecule has 8 nitrogen and oxygen atoms in total. The van der Waals surface area contributed by atoms with Crippen molar-refractivity contribution in [2.24, 2.45) is 0 Å². The number of nitrogens with one attached hydrogen (secondary N) is 2. The maximum atomic E-state index is 13.2. The van der Waals surface area contributed by atoms with Crippen molar-refractivity contribution in [3.63, 3.8) is 0 Å². The zero-order chi connectivity index (χ0) is 25.5. The number of amides is 2. The van der Waals surface area contributed by atoms with Crippen molar-refractivity contribution >= 4 is 55.6 Å². The summed E-state index contributed by atoms with van der Waals surface area (Å²) in [6.45, 7) is 5.13. The first-order valence-corrected chi connectivity index (χ1v) is 14.6. The Morgan fingerprint density at radius 3 is 2.68 bits per heavy atom. The fraction of sp³-hybridized carbons (Fsp3) is 0.414. The lowest BCUT2D eigenvalue weighted by Crippen LogP contribution is -2.55. The van der Waals surface area contributed by atoms with Gasteiger partial charge in [0.15, 0.2) is 0 Å². The molecule has 2 N–H and O–H groups in total. The van der Waals surface area contributed by atoms with E-state index in [9.17, 15) is 4.79 Å². The van der Waals surface area contributed by atoms with Gasteiger partial charge in [-0.05, 0) is 55.2 Å². The number of carbonyl (C=O) groups is 1. The summed E-state index contributed by atoms with van der Waals surface area (Å²) >= 11 is 1.64. The molecule has 0 bridgehead atoms. The number of pyridine rings is 1. The Balaban J connectivity index is 1.02. The van der Waals surface area contributed by atoms with Gasteiger partial charge in [0.2, 0.25) is 0 Å². The molecule has 4 aromatic rings. The second kappa shape index (κ2) is 10.0. The van der Waals surface area contributed by atoms with E-state index in [0.29, 0.717) is 6.54 Å². The summed E-state index contributed by atoms with van der Waals surface area (Å²) in [5.74, 6) is 0. The topological polar surface area (TPSA) is 80.4 Å². The molecular weight excluding hydrogens is 494 g/mol. The molecule has 0 radical (unpaired) electrons. The average molecular weight is 528 g/mol. The van der Waals surface area contributed by atoms with Gasteiger partial charge in [-0.1, -0.05) is 18.9 Å². The molecule has 7 rings (SSSR count). The van der Waals surface area contributed by atoms with E-state index < -0.39 is 0 Å². The molecule has 38 heavy (non-hydrogen) atoms. The lowest BCUT2D eigenvalue weighted by atomic mass is 10.0. The number of hydrogen-bond acceptors (Lipinski definition) is 6. The van der Waals surface area contributed by atoms with Gasteiger partial charge < -0.3 is 20.1 Å². The van der Waals surface area contributed by atoms with E-state index in [1.165, 1.54) is 31.3 Å².